The summed E-state index contributed by atoms with van der Waals surface area (Å²) in [5, 5.41) is 9.19. The van der Waals surface area contributed by atoms with Crippen LogP contribution in [0.25, 0.3) is 16.7 Å². The number of carbonyl (C=O) groups is 1. The second-order valence-electron chi connectivity index (χ2n) is 9.02. The molecule has 3 heteroatoms. The molecule has 3 rings (SSSR count). The number of allylic oxidation sites excluding steroid dienone is 2. The van der Waals surface area contributed by atoms with Gasteiger partial charge in [0.2, 0.25) is 0 Å². The lowest BCUT2D eigenvalue weighted by Crippen LogP contribution is -2.07. The predicted octanol–water partition coefficient (Wildman–Crippen LogP) is 6.53. The molecule has 1 N–H and O–H groups in total. The van der Waals surface area contributed by atoms with Crippen molar-refractivity contribution in [3.63, 3.8) is 0 Å². The molecule has 1 aliphatic carbocycles. The van der Waals surface area contributed by atoms with Gasteiger partial charge >= 0.3 is 5.97 Å². The van der Waals surface area contributed by atoms with E-state index in [2.05, 4.69) is 62.0 Å². The Balaban J connectivity index is 1.76. The zero-order valence-electron chi connectivity index (χ0n) is 19.5. The van der Waals surface area contributed by atoms with Crippen LogP contribution in [0.1, 0.15) is 62.6 Å². The molecule has 0 fully saturated rings. The second kappa shape index (κ2) is 11.8. The highest BCUT2D eigenvalue weighted by Gasteiger charge is 2.13. The van der Waals surface area contributed by atoms with Gasteiger partial charge in [-0.05, 0) is 91.2 Å². The number of aryl methyl sites for hydroxylation is 2. The lowest BCUT2D eigenvalue weighted by molar-refractivity contribution is -0.139. The van der Waals surface area contributed by atoms with E-state index in [1.165, 1.54) is 46.2 Å². The van der Waals surface area contributed by atoms with Gasteiger partial charge < -0.3 is 9.84 Å². The van der Waals surface area contributed by atoms with E-state index in [1.807, 2.05) is 0 Å². The maximum Gasteiger partial charge on any atom is 0.333 e. The highest BCUT2D eigenvalue weighted by atomic mass is 16.5. The number of esters is 1. The van der Waals surface area contributed by atoms with Crippen LogP contribution in [-0.4, -0.2) is 24.3 Å². The van der Waals surface area contributed by atoms with Crippen molar-refractivity contribution >= 4 is 11.5 Å². The number of hydrogen-bond donors (Lipinski definition) is 1. The van der Waals surface area contributed by atoms with Crippen LogP contribution in [0.15, 0.2) is 60.7 Å². The molecule has 2 aromatic carbocycles. The van der Waals surface area contributed by atoms with Crippen molar-refractivity contribution in [3.05, 3.63) is 77.4 Å². The minimum atomic E-state index is -0.330. The summed E-state index contributed by atoms with van der Waals surface area (Å²) in [5.41, 5.74) is 8.14. The number of aliphatic hydroxyl groups excluding tert-OH is 1. The van der Waals surface area contributed by atoms with Crippen molar-refractivity contribution in [3.8, 4) is 11.1 Å². The Hall–Kier alpha value is -2.65. The third-order valence-corrected chi connectivity index (χ3v) is 6.21. The fourth-order valence-corrected chi connectivity index (χ4v) is 4.22. The topological polar surface area (TPSA) is 46.5 Å². The van der Waals surface area contributed by atoms with E-state index < -0.39 is 0 Å². The van der Waals surface area contributed by atoms with Crippen molar-refractivity contribution in [2.45, 2.75) is 58.8 Å². The first kappa shape index (κ1) is 24.0. The quantitative estimate of drug-likeness (QED) is 0.264. The summed E-state index contributed by atoms with van der Waals surface area (Å²) in [7, 11) is 0. The van der Waals surface area contributed by atoms with Crippen LogP contribution < -0.4 is 0 Å². The van der Waals surface area contributed by atoms with Crippen LogP contribution >= 0.6 is 0 Å². The molecule has 0 spiro atoms. The monoisotopic (exact) mass is 432 g/mol. The maximum absolute atomic E-state index is 11.6. The fraction of sp³-hybridized carbons (Fsp3) is 0.414. The molecule has 0 saturated heterocycles. The second-order valence-corrected chi connectivity index (χ2v) is 9.02. The van der Waals surface area contributed by atoms with E-state index in [9.17, 15) is 9.90 Å². The van der Waals surface area contributed by atoms with Gasteiger partial charge in [-0.3, -0.25) is 0 Å². The zero-order valence-corrected chi connectivity index (χ0v) is 19.5. The molecule has 1 aliphatic rings. The van der Waals surface area contributed by atoms with Crippen molar-refractivity contribution < 1.29 is 14.6 Å². The molecular formula is C29H36O3. The van der Waals surface area contributed by atoms with E-state index >= 15 is 0 Å². The Bertz CT molecular complexity index is 953. The van der Waals surface area contributed by atoms with E-state index in [0.717, 1.165) is 38.0 Å². The first-order chi connectivity index (χ1) is 15.5. The van der Waals surface area contributed by atoms with Crippen molar-refractivity contribution in [2.24, 2.45) is 5.92 Å². The summed E-state index contributed by atoms with van der Waals surface area (Å²) >= 11 is 0. The van der Waals surface area contributed by atoms with Crippen LogP contribution in [0.4, 0.5) is 0 Å². The SMILES string of the molecule is C=C(C)C(=O)OCCCc1cc(CCCO)ccc1-c1ccc(C2=CCC(C)CC2)cc1. The minimum Gasteiger partial charge on any atom is -0.462 e. The molecule has 1 atom stereocenters. The number of carbonyl (C=O) groups excluding carboxylic acids is 1. The number of aliphatic hydroxyl groups is 1. The van der Waals surface area contributed by atoms with Crippen molar-refractivity contribution in [1.82, 2.24) is 0 Å². The Morgan fingerprint density at radius 1 is 1.09 bits per heavy atom. The maximum atomic E-state index is 11.6. The predicted molar refractivity (Wildman–Crippen MR) is 132 cm³/mol. The first-order valence-corrected chi connectivity index (χ1v) is 11.8. The highest BCUT2D eigenvalue weighted by molar-refractivity contribution is 5.86. The van der Waals surface area contributed by atoms with Crippen LogP contribution in [0.3, 0.4) is 0 Å². The average Bonchev–Trinajstić information content (AvgIpc) is 2.81. The van der Waals surface area contributed by atoms with Crippen LogP contribution in [0, 0.1) is 5.92 Å². The molecule has 0 heterocycles. The molecule has 2 aromatic rings. The van der Waals surface area contributed by atoms with E-state index in [0.29, 0.717) is 12.2 Å². The van der Waals surface area contributed by atoms with Crippen LogP contribution in [-0.2, 0) is 22.4 Å². The summed E-state index contributed by atoms with van der Waals surface area (Å²) in [6.45, 7) is 8.20. The standard InChI is InChI=1S/C29H36O3/c1-21(2)29(31)32-19-5-7-27-20-23(6-4-18-30)10-17-28(27)26-15-13-25(14-16-26)24-11-8-22(3)9-12-24/h10-11,13-17,20,22,30H,1,4-9,12,18-19H2,2-3H3. The first-order valence-electron chi connectivity index (χ1n) is 11.8. The molecule has 32 heavy (non-hydrogen) atoms. The van der Waals surface area contributed by atoms with Gasteiger partial charge in [-0.1, -0.05) is 62.0 Å². The summed E-state index contributed by atoms with van der Waals surface area (Å²) in [4.78, 5) is 11.6. The number of rotatable bonds is 10. The molecule has 170 valence electrons. The van der Waals surface area contributed by atoms with Gasteiger partial charge in [0.25, 0.3) is 0 Å². The van der Waals surface area contributed by atoms with Crippen LogP contribution in [0.2, 0.25) is 0 Å². The smallest absolute Gasteiger partial charge is 0.333 e. The average molecular weight is 433 g/mol. The highest BCUT2D eigenvalue weighted by Crippen LogP contribution is 2.32. The van der Waals surface area contributed by atoms with Gasteiger partial charge in [0.1, 0.15) is 0 Å². The van der Waals surface area contributed by atoms with Gasteiger partial charge in [0.15, 0.2) is 0 Å². The number of ether oxygens (including phenoxy) is 1. The van der Waals surface area contributed by atoms with E-state index in [1.54, 1.807) is 6.92 Å². The Labute approximate surface area is 192 Å². The van der Waals surface area contributed by atoms with Crippen LogP contribution in [0.5, 0.6) is 0 Å². The third kappa shape index (κ3) is 6.67. The molecule has 0 radical (unpaired) electrons. The third-order valence-electron chi connectivity index (χ3n) is 6.21. The molecular weight excluding hydrogens is 396 g/mol. The van der Waals surface area contributed by atoms with E-state index in [4.69, 9.17) is 4.74 Å². The largest absolute Gasteiger partial charge is 0.462 e. The lowest BCUT2D eigenvalue weighted by Gasteiger charge is -2.19. The van der Waals surface area contributed by atoms with E-state index in [-0.39, 0.29) is 12.6 Å². The Morgan fingerprint density at radius 3 is 2.50 bits per heavy atom. The summed E-state index contributed by atoms with van der Waals surface area (Å²) < 4.78 is 5.28. The van der Waals surface area contributed by atoms with Gasteiger partial charge in [-0.2, -0.15) is 0 Å². The zero-order chi connectivity index (χ0) is 22.9. The molecule has 3 nitrogen and oxygen atoms in total. The number of hydrogen-bond acceptors (Lipinski definition) is 3. The number of benzene rings is 2. The van der Waals surface area contributed by atoms with Crippen molar-refractivity contribution in [1.29, 1.82) is 0 Å². The summed E-state index contributed by atoms with van der Waals surface area (Å²) in [6.07, 6.45) is 9.22. The summed E-state index contributed by atoms with van der Waals surface area (Å²) in [5.74, 6) is 0.462. The Morgan fingerprint density at radius 2 is 1.84 bits per heavy atom. The van der Waals surface area contributed by atoms with Crippen molar-refractivity contribution in [2.75, 3.05) is 13.2 Å². The van der Waals surface area contributed by atoms with Gasteiger partial charge in [0, 0.05) is 12.2 Å². The van der Waals surface area contributed by atoms with Gasteiger partial charge in [-0.15, -0.1) is 0 Å². The molecule has 0 bridgehead atoms. The molecule has 0 aliphatic heterocycles. The molecule has 0 amide bonds. The molecule has 0 aromatic heterocycles. The minimum absolute atomic E-state index is 0.198. The lowest BCUT2D eigenvalue weighted by atomic mass is 9.87. The Kier molecular flexibility index (Phi) is 8.87. The summed E-state index contributed by atoms with van der Waals surface area (Å²) in [6, 6.07) is 15.5. The van der Waals surface area contributed by atoms with Gasteiger partial charge in [0.05, 0.1) is 6.61 Å². The van der Waals surface area contributed by atoms with Gasteiger partial charge in [-0.25, -0.2) is 4.79 Å². The molecule has 1 unspecified atom stereocenters. The molecule has 0 saturated carbocycles. The normalized spacial score (nSPS) is 15.8. The fourth-order valence-electron chi connectivity index (χ4n) is 4.22.